The van der Waals surface area contributed by atoms with Crippen molar-refractivity contribution in [3.05, 3.63) is 75.6 Å². The van der Waals surface area contributed by atoms with Gasteiger partial charge in [-0.2, -0.15) is 4.99 Å². The Bertz CT molecular complexity index is 1640. The molecule has 198 valence electrons. The summed E-state index contributed by atoms with van der Waals surface area (Å²) in [6.07, 6.45) is 2.10. The van der Waals surface area contributed by atoms with Crippen LogP contribution in [0, 0.1) is 0 Å². The molecule has 0 bridgehead atoms. The molecule has 0 N–H and O–H groups in total. The van der Waals surface area contributed by atoms with Gasteiger partial charge < -0.3 is 23.5 Å². The van der Waals surface area contributed by atoms with Crippen molar-refractivity contribution in [3.8, 4) is 11.5 Å². The van der Waals surface area contributed by atoms with Crippen LogP contribution in [-0.4, -0.2) is 60.4 Å². The predicted octanol–water partition coefficient (Wildman–Crippen LogP) is 2.62. The van der Waals surface area contributed by atoms with E-state index in [0.717, 1.165) is 0 Å². The van der Waals surface area contributed by atoms with Gasteiger partial charge in [-0.1, -0.05) is 6.07 Å². The smallest absolute Gasteiger partial charge is 0.341 e. The van der Waals surface area contributed by atoms with E-state index in [1.54, 1.807) is 55.1 Å². The average molecular weight is 521 g/mol. The minimum Gasteiger partial charge on any atom is -0.493 e. The number of esters is 1. The number of carbonyl (C=O) groups is 2. The number of methoxy groups -OCH3 is 3. The zero-order chi connectivity index (χ0) is 27.2. The van der Waals surface area contributed by atoms with Gasteiger partial charge in [0.1, 0.15) is 16.9 Å². The van der Waals surface area contributed by atoms with Gasteiger partial charge in [-0.05, 0) is 49.7 Å². The van der Waals surface area contributed by atoms with Crippen LogP contribution in [-0.2, 0) is 16.0 Å². The lowest BCUT2D eigenvalue weighted by atomic mass is 10.1. The van der Waals surface area contributed by atoms with E-state index in [0.29, 0.717) is 30.2 Å². The van der Waals surface area contributed by atoms with Crippen molar-refractivity contribution >= 4 is 28.6 Å². The first-order valence-electron chi connectivity index (χ1n) is 12.0. The number of amides is 1. The average Bonchev–Trinajstić information content (AvgIpc) is 2.93. The van der Waals surface area contributed by atoms with E-state index in [1.165, 1.54) is 30.8 Å². The second-order valence-corrected chi connectivity index (χ2v) is 8.17. The van der Waals surface area contributed by atoms with E-state index in [9.17, 15) is 14.4 Å². The number of aryl methyl sites for hydroxylation is 1. The molecule has 0 radical (unpaired) electrons. The summed E-state index contributed by atoms with van der Waals surface area (Å²) in [5.41, 5.74) is 0.539. The molecular weight excluding hydrogens is 492 g/mol. The number of ether oxygens (including phenoxy) is 4. The Labute approximate surface area is 217 Å². The van der Waals surface area contributed by atoms with Crippen molar-refractivity contribution in [1.82, 2.24) is 14.0 Å². The summed E-state index contributed by atoms with van der Waals surface area (Å²) in [6.45, 7) is 2.43. The molecule has 11 heteroatoms. The van der Waals surface area contributed by atoms with Gasteiger partial charge in [0.2, 0.25) is 0 Å². The van der Waals surface area contributed by atoms with Crippen LogP contribution in [0.15, 0.2) is 58.4 Å². The number of nitrogens with zero attached hydrogens (tertiary/aromatic N) is 4. The van der Waals surface area contributed by atoms with E-state index in [-0.39, 0.29) is 46.4 Å². The zero-order valence-electron chi connectivity index (χ0n) is 21.6. The summed E-state index contributed by atoms with van der Waals surface area (Å²) < 4.78 is 24.0. The fourth-order valence-corrected chi connectivity index (χ4v) is 4.07. The van der Waals surface area contributed by atoms with E-state index >= 15 is 0 Å². The highest BCUT2D eigenvalue weighted by Gasteiger charge is 2.20. The Balaban J connectivity index is 2.05. The summed E-state index contributed by atoms with van der Waals surface area (Å²) in [6, 6.07) is 11.2. The molecule has 4 aromatic rings. The summed E-state index contributed by atoms with van der Waals surface area (Å²) in [4.78, 5) is 48.9. The highest BCUT2D eigenvalue weighted by molar-refractivity contribution is 5.97. The lowest BCUT2D eigenvalue weighted by Crippen LogP contribution is -2.33. The fourth-order valence-electron chi connectivity index (χ4n) is 4.07. The highest BCUT2D eigenvalue weighted by atomic mass is 16.5. The van der Waals surface area contributed by atoms with Crippen LogP contribution < -0.4 is 20.5 Å². The van der Waals surface area contributed by atoms with Crippen LogP contribution in [0.2, 0.25) is 0 Å². The molecule has 3 aromatic heterocycles. The van der Waals surface area contributed by atoms with Gasteiger partial charge in [0.15, 0.2) is 17.0 Å². The van der Waals surface area contributed by atoms with Crippen molar-refractivity contribution in [1.29, 1.82) is 0 Å². The van der Waals surface area contributed by atoms with E-state index < -0.39 is 11.9 Å². The van der Waals surface area contributed by atoms with Crippen molar-refractivity contribution in [2.24, 2.45) is 4.99 Å². The number of hydrogen-bond donors (Lipinski definition) is 0. The molecule has 3 heterocycles. The van der Waals surface area contributed by atoms with Crippen molar-refractivity contribution in [2.75, 3.05) is 34.5 Å². The van der Waals surface area contributed by atoms with E-state index in [2.05, 4.69) is 9.98 Å². The van der Waals surface area contributed by atoms with E-state index in [1.807, 2.05) is 0 Å². The Morgan fingerprint density at radius 2 is 1.82 bits per heavy atom. The minimum absolute atomic E-state index is 0.0269. The molecule has 0 unspecified atom stereocenters. The zero-order valence-corrected chi connectivity index (χ0v) is 21.6. The maximum atomic E-state index is 13.4. The number of fused-ring (bicyclic) bond motifs is 2. The number of rotatable bonds is 9. The number of benzene rings is 1. The topological polar surface area (TPSA) is 123 Å². The molecule has 0 fully saturated rings. The number of pyridine rings is 2. The lowest BCUT2D eigenvalue weighted by Gasteiger charge is -2.15. The fraction of sp³-hybridized carbons (Fsp3) is 0.296. The van der Waals surface area contributed by atoms with Gasteiger partial charge in [-0.15, -0.1) is 0 Å². The van der Waals surface area contributed by atoms with Crippen LogP contribution in [0.4, 0.5) is 0 Å². The summed E-state index contributed by atoms with van der Waals surface area (Å²) in [5.74, 6) is -0.542. The number of hydrogen-bond acceptors (Lipinski definition) is 8. The first kappa shape index (κ1) is 26.6. The van der Waals surface area contributed by atoms with Crippen molar-refractivity contribution in [3.63, 3.8) is 0 Å². The maximum absolute atomic E-state index is 13.4. The molecule has 0 aliphatic carbocycles. The van der Waals surface area contributed by atoms with Crippen LogP contribution in [0.25, 0.3) is 16.7 Å². The molecule has 1 aromatic carbocycles. The maximum Gasteiger partial charge on any atom is 0.341 e. The first-order valence-corrected chi connectivity index (χ1v) is 12.0. The molecular formula is C27H28N4O7. The molecule has 0 spiro atoms. The molecule has 11 nitrogen and oxygen atoms in total. The second kappa shape index (κ2) is 11.7. The molecule has 38 heavy (non-hydrogen) atoms. The van der Waals surface area contributed by atoms with Crippen LogP contribution in [0.5, 0.6) is 11.5 Å². The molecule has 0 aliphatic rings. The van der Waals surface area contributed by atoms with Gasteiger partial charge in [0.05, 0.1) is 26.2 Å². The highest BCUT2D eigenvalue weighted by Crippen LogP contribution is 2.27. The van der Waals surface area contributed by atoms with Gasteiger partial charge in [-0.25, -0.2) is 9.78 Å². The minimum atomic E-state index is -0.716. The molecule has 1 amide bonds. The van der Waals surface area contributed by atoms with Gasteiger partial charge in [0.25, 0.3) is 11.5 Å². The Kier molecular flexibility index (Phi) is 8.17. The largest absolute Gasteiger partial charge is 0.493 e. The summed E-state index contributed by atoms with van der Waals surface area (Å²) in [5, 5.41) is 0.187. The second-order valence-electron chi connectivity index (χ2n) is 8.17. The van der Waals surface area contributed by atoms with Crippen LogP contribution >= 0.6 is 0 Å². The molecule has 4 rings (SSSR count). The Morgan fingerprint density at radius 1 is 1.03 bits per heavy atom. The third-order valence-corrected chi connectivity index (χ3v) is 5.85. The molecule has 0 aliphatic heterocycles. The van der Waals surface area contributed by atoms with Gasteiger partial charge >= 0.3 is 5.97 Å². The van der Waals surface area contributed by atoms with E-state index in [4.69, 9.17) is 18.9 Å². The normalized spacial score (nSPS) is 11.6. The Morgan fingerprint density at radius 3 is 2.53 bits per heavy atom. The van der Waals surface area contributed by atoms with Crippen LogP contribution in [0.1, 0.15) is 34.1 Å². The Hall–Kier alpha value is -4.51. The third-order valence-electron chi connectivity index (χ3n) is 5.85. The van der Waals surface area contributed by atoms with Gasteiger partial charge in [-0.3, -0.25) is 14.0 Å². The summed E-state index contributed by atoms with van der Waals surface area (Å²) in [7, 11) is 4.53. The van der Waals surface area contributed by atoms with Crippen molar-refractivity contribution in [2.45, 2.75) is 19.9 Å². The van der Waals surface area contributed by atoms with Crippen LogP contribution in [0.3, 0.4) is 0 Å². The molecule has 0 saturated heterocycles. The monoisotopic (exact) mass is 520 g/mol. The SMILES string of the molecule is CCOC(=O)c1cc2c(=O)n3ccccc3nc2n(CCCOC)c1=NC(=O)c1ccc(OC)c(OC)c1. The van der Waals surface area contributed by atoms with Crippen molar-refractivity contribution < 1.29 is 28.5 Å². The van der Waals surface area contributed by atoms with Gasteiger partial charge in [0, 0.05) is 32.0 Å². The third kappa shape index (κ3) is 5.14. The first-order chi connectivity index (χ1) is 18.4. The standard InChI is InChI=1S/C27H28N4O7/c1-5-38-27(34)19-16-18-23(28-22-9-6-7-12-30(22)26(18)33)31(13-8-14-35-2)24(19)29-25(32)17-10-11-20(36-3)21(15-17)37-4/h6-7,9-12,15-16H,5,8,13-14H2,1-4H3. The molecule has 0 atom stereocenters. The molecule has 0 saturated carbocycles. The number of carbonyl (C=O) groups excluding carboxylic acids is 2. The number of aromatic nitrogens is 3. The summed E-state index contributed by atoms with van der Waals surface area (Å²) >= 11 is 0. The quantitative estimate of drug-likeness (QED) is 0.188. The predicted molar refractivity (Wildman–Crippen MR) is 139 cm³/mol. The lowest BCUT2D eigenvalue weighted by molar-refractivity contribution is 0.0523.